The first kappa shape index (κ1) is 15.9. The van der Waals surface area contributed by atoms with Crippen LogP contribution in [0.5, 0.6) is 0 Å². The third-order valence-electron chi connectivity index (χ3n) is 4.22. The first-order valence-electron chi connectivity index (χ1n) is 8.00. The Morgan fingerprint density at radius 1 is 0.913 bits per heavy atom. The van der Waals surface area contributed by atoms with Crippen LogP contribution < -0.4 is 10.0 Å². The van der Waals surface area contributed by atoms with Gasteiger partial charge in [0.25, 0.3) is 10.0 Å². The molecule has 1 fully saturated rings. The molecule has 0 unspecified atom stereocenters. The van der Waals surface area contributed by atoms with Crippen molar-refractivity contribution in [2.45, 2.75) is 43.5 Å². The minimum atomic E-state index is -3.58. The van der Waals surface area contributed by atoms with Crippen LogP contribution in [0.15, 0.2) is 53.4 Å². The van der Waals surface area contributed by atoms with Crippen LogP contribution in [0.25, 0.3) is 0 Å². The highest BCUT2D eigenvalue weighted by atomic mass is 32.2. The van der Waals surface area contributed by atoms with Crippen molar-refractivity contribution in [2.75, 3.05) is 10.0 Å². The molecule has 122 valence electrons. The molecular formula is C18H22N2O2S. The van der Waals surface area contributed by atoms with Gasteiger partial charge in [0.15, 0.2) is 0 Å². The fourth-order valence-electron chi connectivity index (χ4n) is 2.91. The molecule has 0 bridgehead atoms. The molecule has 3 rings (SSSR count). The summed E-state index contributed by atoms with van der Waals surface area (Å²) < 4.78 is 27.8. The predicted molar refractivity (Wildman–Crippen MR) is 94.3 cm³/mol. The Kier molecular flexibility index (Phi) is 4.57. The minimum absolute atomic E-state index is 0.277. The minimum Gasteiger partial charge on any atom is -0.381 e. The second-order valence-electron chi connectivity index (χ2n) is 6.09. The molecule has 2 aromatic rings. The topological polar surface area (TPSA) is 58.2 Å². The maximum Gasteiger partial charge on any atom is 0.261 e. The summed E-state index contributed by atoms with van der Waals surface area (Å²) in [6.07, 6.45) is 4.74. The van der Waals surface area contributed by atoms with Crippen molar-refractivity contribution in [3.8, 4) is 0 Å². The molecule has 23 heavy (non-hydrogen) atoms. The van der Waals surface area contributed by atoms with Crippen LogP contribution in [0.1, 0.15) is 31.2 Å². The van der Waals surface area contributed by atoms with Crippen molar-refractivity contribution in [1.82, 2.24) is 0 Å². The summed E-state index contributed by atoms with van der Waals surface area (Å²) in [6, 6.07) is 14.8. The van der Waals surface area contributed by atoms with Crippen molar-refractivity contribution in [1.29, 1.82) is 0 Å². The number of hydrogen-bond acceptors (Lipinski definition) is 3. The zero-order valence-electron chi connectivity index (χ0n) is 13.2. The summed E-state index contributed by atoms with van der Waals surface area (Å²) >= 11 is 0. The molecule has 0 aliphatic heterocycles. The van der Waals surface area contributed by atoms with E-state index in [1.54, 1.807) is 30.3 Å². The second-order valence-corrected chi connectivity index (χ2v) is 7.77. The van der Waals surface area contributed by atoms with E-state index < -0.39 is 10.0 Å². The van der Waals surface area contributed by atoms with E-state index in [2.05, 4.69) is 10.0 Å². The van der Waals surface area contributed by atoms with E-state index in [0.29, 0.717) is 11.7 Å². The molecule has 4 nitrogen and oxygen atoms in total. The summed E-state index contributed by atoms with van der Waals surface area (Å²) in [6.45, 7) is 1.94. The van der Waals surface area contributed by atoms with Gasteiger partial charge < -0.3 is 5.32 Å². The summed E-state index contributed by atoms with van der Waals surface area (Å²) in [4.78, 5) is 0.277. The Hall–Kier alpha value is -2.01. The predicted octanol–water partition coefficient (Wildman–Crippen LogP) is 4.15. The largest absolute Gasteiger partial charge is 0.381 e. The quantitative estimate of drug-likeness (QED) is 0.866. The van der Waals surface area contributed by atoms with Crippen molar-refractivity contribution in [3.63, 3.8) is 0 Å². The highest BCUT2D eigenvalue weighted by Crippen LogP contribution is 2.28. The third-order valence-corrected chi connectivity index (χ3v) is 5.60. The molecular weight excluding hydrogens is 308 g/mol. The van der Waals surface area contributed by atoms with Crippen LogP contribution >= 0.6 is 0 Å². The molecule has 5 heteroatoms. The van der Waals surface area contributed by atoms with Crippen LogP contribution in [0.4, 0.5) is 11.4 Å². The lowest BCUT2D eigenvalue weighted by Crippen LogP contribution is -2.18. The van der Waals surface area contributed by atoms with E-state index in [0.717, 1.165) is 24.1 Å². The summed E-state index contributed by atoms with van der Waals surface area (Å²) in [7, 11) is -3.58. The van der Waals surface area contributed by atoms with Gasteiger partial charge in [0, 0.05) is 6.04 Å². The van der Waals surface area contributed by atoms with Crippen molar-refractivity contribution in [2.24, 2.45) is 0 Å². The van der Waals surface area contributed by atoms with Crippen LogP contribution in [-0.2, 0) is 10.0 Å². The third kappa shape index (κ3) is 3.85. The Morgan fingerprint density at radius 2 is 1.52 bits per heavy atom. The average Bonchev–Trinajstić information content (AvgIpc) is 3.02. The maximum absolute atomic E-state index is 12.6. The number of para-hydroxylation sites is 2. The van der Waals surface area contributed by atoms with Crippen LogP contribution in [0, 0.1) is 6.92 Å². The van der Waals surface area contributed by atoms with Gasteiger partial charge in [-0.15, -0.1) is 0 Å². The van der Waals surface area contributed by atoms with Gasteiger partial charge in [-0.1, -0.05) is 42.7 Å². The number of hydrogen-bond donors (Lipinski definition) is 2. The van der Waals surface area contributed by atoms with E-state index >= 15 is 0 Å². The number of anilines is 2. The fraction of sp³-hybridized carbons (Fsp3) is 0.333. The van der Waals surface area contributed by atoms with Crippen molar-refractivity contribution in [3.05, 3.63) is 54.1 Å². The monoisotopic (exact) mass is 330 g/mol. The van der Waals surface area contributed by atoms with E-state index in [-0.39, 0.29) is 4.90 Å². The first-order valence-corrected chi connectivity index (χ1v) is 9.48. The lowest BCUT2D eigenvalue weighted by atomic mass is 10.2. The van der Waals surface area contributed by atoms with Gasteiger partial charge >= 0.3 is 0 Å². The molecule has 0 spiro atoms. The standard InChI is InChI=1S/C18H22N2O2S/c1-14-10-12-16(13-11-14)23(21,22)20-18-9-5-4-8-17(18)19-15-6-2-3-7-15/h4-5,8-13,15,19-20H,2-3,6-7H2,1H3. The van der Waals surface area contributed by atoms with Gasteiger partial charge in [-0.05, 0) is 44.0 Å². The van der Waals surface area contributed by atoms with Crippen LogP contribution in [0.2, 0.25) is 0 Å². The van der Waals surface area contributed by atoms with Crippen molar-refractivity contribution < 1.29 is 8.42 Å². The molecule has 0 saturated heterocycles. The zero-order chi connectivity index (χ0) is 16.3. The van der Waals surface area contributed by atoms with Gasteiger partial charge in [-0.25, -0.2) is 8.42 Å². The number of nitrogens with one attached hydrogen (secondary N) is 2. The Balaban J connectivity index is 1.82. The molecule has 2 aromatic carbocycles. The van der Waals surface area contributed by atoms with E-state index in [9.17, 15) is 8.42 Å². The van der Waals surface area contributed by atoms with E-state index in [4.69, 9.17) is 0 Å². The molecule has 0 aromatic heterocycles. The van der Waals surface area contributed by atoms with Gasteiger partial charge in [-0.2, -0.15) is 0 Å². The molecule has 1 aliphatic rings. The van der Waals surface area contributed by atoms with Crippen molar-refractivity contribution >= 4 is 21.4 Å². The Morgan fingerprint density at radius 3 is 2.17 bits per heavy atom. The maximum atomic E-state index is 12.6. The zero-order valence-corrected chi connectivity index (χ0v) is 14.1. The van der Waals surface area contributed by atoms with Crippen LogP contribution in [0.3, 0.4) is 0 Å². The number of sulfonamides is 1. The molecule has 0 amide bonds. The fourth-order valence-corrected chi connectivity index (χ4v) is 3.99. The Labute approximate surface area is 138 Å². The number of rotatable bonds is 5. The first-order chi connectivity index (χ1) is 11.0. The second kappa shape index (κ2) is 6.62. The normalized spacial score (nSPS) is 15.5. The summed E-state index contributed by atoms with van der Waals surface area (Å²) in [5, 5.41) is 3.47. The van der Waals surface area contributed by atoms with E-state index in [1.165, 1.54) is 12.8 Å². The molecule has 1 saturated carbocycles. The van der Waals surface area contributed by atoms with Gasteiger partial charge in [-0.3, -0.25) is 4.72 Å². The van der Waals surface area contributed by atoms with Gasteiger partial charge in [0.1, 0.15) is 0 Å². The lowest BCUT2D eigenvalue weighted by Gasteiger charge is -2.18. The van der Waals surface area contributed by atoms with Crippen LogP contribution in [-0.4, -0.2) is 14.5 Å². The highest BCUT2D eigenvalue weighted by Gasteiger charge is 2.19. The van der Waals surface area contributed by atoms with E-state index in [1.807, 2.05) is 25.1 Å². The molecule has 0 heterocycles. The van der Waals surface area contributed by atoms with Gasteiger partial charge in [0.05, 0.1) is 16.3 Å². The molecule has 0 radical (unpaired) electrons. The summed E-state index contributed by atoms with van der Waals surface area (Å²) in [5.74, 6) is 0. The summed E-state index contributed by atoms with van der Waals surface area (Å²) in [5.41, 5.74) is 2.47. The molecule has 2 N–H and O–H groups in total. The Bertz CT molecular complexity index is 764. The smallest absolute Gasteiger partial charge is 0.261 e. The van der Waals surface area contributed by atoms with Gasteiger partial charge in [0.2, 0.25) is 0 Å². The molecule has 0 atom stereocenters. The lowest BCUT2D eigenvalue weighted by molar-refractivity contribution is 0.601. The molecule has 1 aliphatic carbocycles. The number of aryl methyl sites for hydroxylation is 1. The number of benzene rings is 2. The highest BCUT2D eigenvalue weighted by molar-refractivity contribution is 7.92. The SMILES string of the molecule is Cc1ccc(S(=O)(=O)Nc2ccccc2NC2CCCC2)cc1. The average molecular weight is 330 g/mol.